The third-order valence-corrected chi connectivity index (χ3v) is 5.90. The lowest BCUT2D eigenvalue weighted by atomic mass is 9.96. The maximum Gasteiger partial charge on any atom is 0.151 e. The van der Waals surface area contributed by atoms with Crippen LogP contribution in [0.1, 0.15) is 54.9 Å². The van der Waals surface area contributed by atoms with Crippen molar-refractivity contribution in [3.05, 3.63) is 22.8 Å². The van der Waals surface area contributed by atoms with Crippen molar-refractivity contribution in [2.45, 2.75) is 45.1 Å². The van der Waals surface area contributed by atoms with Crippen molar-refractivity contribution in [2.75, 3.05) is 18.1 Å². The number of sulfone groups is 1. The number of nitrogens with zero attached hydrogens (tertiary/aromatic N) is 2. The van der Waals surface area contributed by atoms with Crippen LogP contribution in [0.4, 0.5) is 0 Å². The molecule has 0 aromatic carbocycles. The molecule has 110 valence electrons. The zero-order valence-electron chi connectivity index (χ0n) is 12.0. The summed E-state index contributed by atoms with van der Waals surface area (Å²) >= 11 is 0. The first-order valence-electron chi connectivity index (χ1n) is 7.27. The molecule has 1 saturated heterocycles. The molecule has 0 saturated carbocycles. The second-order valence-corrected chi connectivity index (χ2v) is 8.30. The van der Waals surface area contributed by atoms with Gasteiger partial charge in [0.1, 0.15) is 5.82 Å². The van der Waals surface area contributed by atoms with E-state index in [-0.39, 0.29) is 17.4 Å². The van der Waals surface area contributed by atoms with E-state index in [2.05, 4.69) is 24.1 Å². The standard InChI is InChI=1S/C14H21N3O2S/c1-9(2)13-11-3-5-15-7-12(11)16-14(17-13)10-4-6-20(18,19)8-10/h9-10,15H,3-8H2,1-2H3. The molecule has 20 heavy (non-hydrogen) atoms. The van der Waals surface area contributed by atoms with Gasteiger partial charge in [0.25, 0.3) is 0 Å². The number of rotatable bonds is 2. The van der Waals surface area contributed by atoms with Gasteiger partial charge >= 0.3 is 0 Å². The molecule has 5 nitrogen and oxygen atoms in total. The fourth-order valence-corrected chi connectivity index (χ4v) is 4.81. The molecule has 3 heterocycles. The third kappa shape index (κ3) is 2.59. The summed E-state index contributed by atoms with van der Waals surface area (Å²) in [6, 6.07) is 0. The summed E-state index contributed by atoms with van der Waals surface area (Å²) in [6.07, 6.45) is 1.62. The zero-order chi connectivity index (χ0) is 14.3. The van der Waals surface area contributed by atoms with Crippen LogP contribution < -0.4 is 5.32 Å². The molecule has 1 aromatic heterocycles. The predicted octanol–water partition coefficient (Wildman–Crippen LogP) is 1.15. The highest BCUT2D eigenvalue weighted by Crippen LogP contribution is 2.30. The Bertz CT molecular complexity index is 626. The molecule has 1 aromatic rings. The van der Waals surface area contributed by atoms with Gasteiger partial charge in [-0.15, -0.1) is 0 Å². The molecule has 1 fully saturated rings. The lowest BCUT2D eigenvalue weighted by Crippen LogP contribution is -2.28. The molecule has 1 atom stereocenters. The number of hydrogen-bond donors (Lipinski definition) is 1. The summed E-state index contributed by atoms with van der Waals surface area (Å²) in [5.74, 6) is 1.54. The molecule has 2 aliphatic rings. The Morgan fingerprint density at radius 2 is 2.10 bits per heavy atom. The van der Waals surface area contributed by atoms with Crippen LogP contribution in [0, 0.1) is 0 Å². The second-order valence-electron chi connectivity index (χ2n) is 6.07. The fraction of sp³-hybridized carbons (Fsp3) is 0.714. The average Bonchev–Trinajstić information content (AvgIpc) is 2.77. The van der Waals surface area contributed by atoms with Crippen molar-refractivity contribution in [3.63, 3.8) is 0 Å². The van der Waals surface area contributed by atoms with E-state index in [1.54, 1.807) is 0 Å². The zero-order valence-corrected chi connectivity index (χ0v) is 12.8. The highest BCUT2D eigenvalue weighted by Gasteiger charge is 2.32. The van der Waals surface area contributed by atoms with Crippen molar-refractivity contribution in [1.29, 1.82) is 0 Å². The van der Waals surface area contributed by atoms with Gasteiger partial charge < -0.3 is 5.32 Å². The van der Waals surface area contributed by atoms with Gasteiger partial charge in [-0.2, -0.15) is 0 Å². The molecular weight excluding hydrogens is 274 g/mol. The van der Waals surface area contributed by atoms with E-state index in [1.165, 1.54) is 5.56 Å². The van der Waals surface area contributed by atoms with Crippen molar-refractivity contribution in [3.8, 4) is 0 Å². The summed E-state index contributed by atoms with van der Waals surface area (Å²) in [7, 11) is -2.89. The molecule has 1 N–H and O–H groups in total. The van der Waals surface area contributed by atoms with E-state index in [0.29, 0.717) is 12.3 Å². The van der Waals surface area contributed by atoms with E-state index < -0.39 is 9.84 Å². The van der Waals surface area contributed by atoms with Crippen LogP contribution in [0.3, 0.4) is 0 Å². The first-order valence-corrected chi connectivity index (χ1v) is 9.09. The van der Waals surface area contributed by atoms with Gasteiger partial charge in [-0.05, 0) is 30.9 Å². The topological polar surface area (TPSA) is 72.0 Å². The molecule has 1 unspecified atom stereocenters. The monoisotopic (exact) mass is 295 g/mol. The Labute approximate surface area is 120 Å². The molecule has 0 bridgehead atoms. The molecule has 2 aliphatic heterocycles. The molecule has 0 amide bonds. The summed E-state index contributed by atoms with van der Waals surface area (Å²) in [5.41, 5.74) is 3.44. The van der Waals surface area contributed by atoms with Gasteiger partial charge in [-0.25, -0.2) is 18.4 Å². The SMILES string of the molecule is CC(C)c1nc(C2CCS(=O)(=O)C2)nc2c1CCNC2. The van der Waals surface area contributed by atoms with E-state index in [4.69, 9.17) is 4.98 Å². The third-order valence-electron chi connectivity index (χ3n) is 4.13. The van der Waals surface area contributed by atoms with Crippen molar-refractivity contribution in [2.24, 2.45) is 0 Å². The Balaban J connectivity index is 2.02. The summed E-state index contributed by atoms with van der Waals surface area (Å²) < 4.78 is 23.3. The van der Waals surface area contributed by atoms with Crippen LogP contribution in [-0.4, -0.2) is 36.4 Å². The second kappa shape index (κ2) is 5.07. The average molecular weight is 295 g/mol. The van der Waals surface area contributed by atoms with Gasteiger partial charge in [0.05, 0.1) is 22.9 Å². The number of fused-ring (bicyclic) bond motifs is 1. The van der Waals surface area contributed by atoms with Crippen LogP contribution in [0.15, 0.2) is 0 Å². The van der Waals surface area contributed by atoms with Crippen LogP contribution in [0.5, 0.6) is 0 Å². The van der Waals surface area contributed by atoms with Gasteiger partial charge in [-0.1, -0.05) is 13.8 Å². The molecule has 0 spiro atoms. The van der Waals surface area contributed by atoms with Crippen molar-refractivity contribution < 1.29 is 8.42 Å². The van der Waals surface area contributed by atoms with E-state index in [1.807, 2.05) is 0 Å². The highest BCUT2D eigenvalue weighted by atomic mass is 32.2. The highest BCUT2D eigenvalue weighted by molar-refractivity contribution is 7.91. The van der Waals surface area contributed by atoms with Crippen LogP contribution in [-0.2, 0) is 22.8 Å². The minimum atomic E-state index is -2.89. The minimum Gasteiger partial charge on any atom is -0.311 e. The molecule has 0 aliphatic carbocycles. The number of aromatic nitrogens is 2. The summed E-state index contributed by atoms with van der Waals surface area (Å²) in [4.78, 5) is 9.40. The Hall–Kier alpha value is -1.01. The number of nitrogens with one attached hydrogen (secondary N) is 1. The molecular formula is C14H21N3O2S. The van der Waals surface area contributed by atoms with Crippen molar-refractivity contribution >= 4 is 9.84 Å². The van der Waals surface area contributed by atoms with Gasteiger partial charge in [0.2, 0.25) is 0 Å². The van der Waals surface area contributed by atoms with Gasteiger partial charge in [0, 0.05) is 12.5 Å². The summed E-state index contributed by atoms with van der Waals surface area (Å²) in [5, 5.41) is 3.33. The lowest BCUT2D eigenvalue weighted by Gasteiger charge is -2.22. The Kier molecular flexibility index (Phi) is 3.54. The van der Waals surface area contributed by atoms with E-state index >= 15 is 0 Å². The largest absolute Gasteiger partial charge is 0.311 e. The molecule has 6 heteroatoms. The lowest BCUT2D eigenvalue weighted by molar-refractivity contribution is 0.585. The maximum absolute atomic E-state index is 11.7. The predicted molar refractivity (Wildman–Crippen MR) is 77.5 cm³/mol. The van der Waals surface area contributed by atoms with Crippen LogP contribution in [0.2, 0.25) is 0 Å². The van der Waals surface area contributed by atoms with Crippen LogP contribution >= 0.6 is 0 Å². The first-order chi connectivity index (χ1) is 9.46. The van der Waals surface area contributed by atoms with Gasteiger partial charge in [-0.3, -0.25) is 0 Å². The van der Waals surface area contributed by atoms with Crippen LogP contribution in [0.25, 0.3) is 0 Å². The van der Waals surface area contributed by atoms with E-state index in [9.17, 15) is 8.42 Å². The summed E-state index contributed by atoms with van der Waals surface area (Å²) in [6.45, 7) is 6.01. The normalized spacial score (nSPS) is 24.9. The van der Waals surface area contributed by atoms with E-state index in [0.717, 1.165) is 36.7 Å². The Morgan fingerprint density at radius 3 is 2.75 bits per heavy atom. The van der Waals surface area contributed by atoms with Gasteiger partial charge in [0.15, 0.2) is 9.84 Å². The smallest absolute Gasteiger partial charge is 0.151 e. The minimum absolute atomic E-state index is 0.0234. The quantitative estimate of drug-likeness (QED) is 0.886. The Morgan fingerprint density at radius 1 is 1.30 bits per heavy atom. The first kappa shape index (κ1) is 13.9. The molecule has 3 rings (SSSR count). The van der Waals surface area contributed by atoms with Crippen molar-refractivity contribution in [1.82, 2.24) is 15.3 Å². The number of hydrogen-bond acceptors (Lipinski definition) is 5. The maximum atomic E-state index is 11.7. The fourth-order valence-electron chi connectivity index (χ4n) is 3.07. The molecule has 0 radical (unpaired) electrons.